The number of nitrogens with two attached hydrogens (primary N) is 1. The highest BCUT2D eigenvalue weighted by atomic mass is 16.5. The highest BCUT2D eigenvalue weighted by Gasteiger charge is 2.37. The van der Waals surface area contributed by atoms with E-state index < -0.39 is 24.5 Å². The van der Waals surface area contributed by atoms with Crippen LogP contribution in [0.4, 0.5) is 10.6 Å². The maximum Gasteiger partial charge on any atom is 0.407 e. The molecule has 2 aliphatic heterocycles. The fourth-order valence-corrected chi connectivity index (χ4v) is 3.61. The van der Waals surface area contributed by atoms with E-state index in [1.807, 2.05) is 0 Å². The van der Waals surface area contributed by atoms with Crippen molar-refractivity contribution in [2.45, 2.75) is 37.7 Å². The number of likely N-dealkylation sites (tertiary alicyclic amines) is 1. The molecule has 0 spiro atoms. The first kappa shape index (κ1) is 19.4. The summed E-state index contributed by atoms with van der Waals surface area (Å²) >= 11 is 0. The number of aliphatic hydroxyl groups excluding tert-OH is 2. The van der Waals surface area contributed by atoms with Gasteiger partial charge in [-0.1, -0.05) is 5.92 Å². The van der Waals surface area contributed by atoms with Crippen LogP contribution < -0.4 is 5.73 Å². The molecule has 0 aromatic carbocycles. The first-order chi connectivity index (χ1) is 13.9. The summed E-state index contributed by atoms with van der Waals surface area (Å²) in [7, 11) is 0. The zero-order valence-electron chi connectivity index (χ0n) is 15.6. The number of fused-ring (bicyclic) bond motifs is 1. The molecule has 0 saturated carbocycles. The fraction of sp³-hybridized carbons (Fsp3) is 0.556. The predicted octanol–water partition coefficient (Wildman–Crippen LogP) is -0.209. The lowest BCUT2D eigenvalue weighted by Crippen LogP contribution is -2.37. The Labute approximate surface area is 166 Å². The highest BCUT2D eigenvalue weighted by molar-refractivity contribution is 5.82. The summed E-state index contributed by atoms with van der Waals surface area (Å²) in [5.41, 5.74) is 6.72. The second-order valence-corrected chi connectivity index (χ2v) is 7.26. The Morgan fingerprint density at radius 1 is 1.31 bits per heavy atom. The molecule has 2 fully saturated rings. The average molecular weight is 402 g/mol. The van der Waals surface area contributed by atoms with E-state index in [1.54, 1.807) is 0 Å². The van der Waals surface area contributed by atoms with Gasteiger partial charge in [0.15, 0.2) is 17.7 Å². The molecule has 11 heteroatoms. The quantitative estimate of drug-likeness (QED) is 0.498. The van der Waals surface area contributed by atoms with Crippen LogP contribution in [-0.4, -0.2) is 77.7 Å². The Balaban J connectivity index is 1.50. The van der Waals surface area contributed by atoms with E-state index in [-0.39, 0.29) is 18.2 Å². The zero-order valence-corrected chi connectivity index (χ0v) is 15.6. The van der Waals surface area contributed by atoms with E-state index in [0.29, 0.717) is 36.6 Å². The molecule has 3 atom stereocenters. The fourth-order valence-electron chi connectivity index (χ4n) is 3.61. The van der Waals surface area contributed by atoms with Crippen molar-refractivity contribution in [1.29, 1.82) is 0 Å². The van der Waals surface area contributed by atoms with Gasteiger partial charge in [0.1, 0.15) is 17.7 Å². The first-order valence-corrected chi connectivity index (χ1v) is 9.38. The summed E-state index contributed by atoms with van der Waals surface area (Å²) in [5, 5.41) is 28.8. The summed E-state index contributed by atoms with van der Waals surface area (Å²) in [5.74, 6) is 6.69. The minimum Gasteiger partial charge on any atom is -0.465 e. The molecule has 1 amide bonds. The lowest BCUT2D eigenvalue weighted by atomic mass is 9.94. The Kier molecular flexibility index (Phi) is 5.23. The van der Waals surface area contributed by atoms with Crippen LogP contribution in [0.3, 0.4) is 0 Å². The van der Waals surface area contributed by atoms with Gasteiger partial charge in [0, 0.05) is 19.5 Å². The average Bonchev–Trinajstić information content (AvgIpc) is 3.26. The summed E-state index contributed by atoms with van der Waals surface area (Å²) < 4.78 is 6.95. The molecule has 29 heavy (non-hydrogen) atoms. The number of ether oxygens (including phenoxy) is 1. The monoisotopic (exact) mass is 402 g/mol. The lowest BCUT2D eigenvalue weighted by molar-refractivity contribution is -0.0162. The van der Waals surface area contributed by atoms with Crippen LogP contribution in [-0.2, 0) is 4.74 Å². The molecule has 2 aromatic heterocycles. The van der Waals surface area contributed by atoms with Crippen LogP contribution >= 0.6 is 0 Å². The van der Waals surface area contributed by atoms with Gasteiger partial charge in [-0.15, -0.1) is 0 Å². The minimum absolute atomic E-state index is 0.0133. The van der Waals surface area contributed by atoms with Gasteiger partial charge in [-0.05, 0) is 24.7 Å². The molecular weight excluding hydrogens is 380 g/mol. The van der Waals surface area contributed by atoms with E-state index >= 15 is 0 Å². The molecule has 0 aliphatic carbocycles. The molecule has 11 nitrogen and oxygen atoms in total. The molecule has 2 aromatic rings. The number of anilines is 1. The van der Waals surface area contributed by atoms with Crippen molar-refractivity contribution in [2.75, 3.05) is 25.4 Å². The van der Waals surface area contributed by atoms with Crippen molar-refractivity contribution in [3.05, 3.63) is 12.2 Å². The largest absolute Gasteiger partial charge is 0.465 e. The van der Waals surface area contributed by atoms with Gasteiger partial charge in [0.2, 0.25) is 5.82 Å². The van der Waals surface area contributed by atoms with E-state index in [1.165, 1.54) is 15.8 Å². The number of hydrogen-bond acceptors (Lipinski definition) is 8. The smallest absolute Gasteiger partial charge is 0.407 e. The number of nitrogen functional groups attached to an aromatic ring is 1. The molecule has 0 bridgehead atoms. The van der Waals surface area contributed by atoms with E-state index in [4.69, 9.17) is 15.6 Å². The van der Waals surface area contributed by atoms with Gasteiger partial charge in [-0.2, -0.15) is 0 Å². The minimum atomic E-state index is -1.10. The van der Waals surface area contributed by atoms with Crippen LogP contribution in [0.2, 0.25) is 0 Å². The third kappa shape index (κ3) is 3.82. The lowest BCUT2D eigenvalue weighted by Gasteiger charge is -2.28. The third-order valence-corrected chi connectivity index (χ3v) is 5.32. The number of aliphatic hydroxyl groups is 2. The van der Waals surface area contributed by atoms with E-state index in [2.05, 4.69) is 26.8 Å². The molecular formula is C18H22N6O5. The van der Waals surface area contributed by atoms with Crippen molar-refractivity contribution in [2.24, 2.45) is 5.92 Å². The third-order valence-electron chi connectivity index (χ3n) is 5.32. The summed E-state index contributed by atoms with van der Waals surface area (Å²) in [4.78, 5) is 25.1. The van der Waals surface area contributed by atoms with Crippen LogP contribution in [0.25, 0.3) is 11.2 Å². The van der Waals surface area contributed by atoms with Crippen molar-refractivity contribution in [1.82, 2.24) is 24.4 Å². The van der Waals surface area contributed by atoms with E-state index in [9.17, 15) is 15.0 Å². The second kappa shape index (κ2) is 7.82. The van der Waals surface area contributed by atoms with Gasteiger partial charge in [-0.25, -0.2) is 19.7 Å². The second-order valence-electron chi connectivity index (χ2n) is 7.26. The molecule has 3 unspecified atom stereocenters. The predicted molar refractivity (Wildman–Crippen MR) is 101 cm³/mol. The van der Waals surface area contributed by atoms with Crippen molar-refractivity contribution < 1.29 is 24.9 Å². The highest BCUT2D eigenvalue weighted by Crippen LogP contribution is 2.28. The molecule has 4 rings (SSSR count). The van der Waals surface area contributed by atoms with Gasteiger partial charge < -0.3 is 30.7 Å². The van der Waals surface area contributed by atoms with Gasteiger partial charge in [0.25, 0.3) is 0 Å². The van der Waals surface area contributed by atoms with Crippen LogP contribution in [0.1, 0.15) is 31.3 Å². The molecule has 4 heterocycles. The Morgan fingerprint density at radius 3 is 2.72 bits per heavy atom. The van der Waals surface area contributed by atoms with Crippen LogP contribution in [0, 0.1) is 17.8 Å². The number of amides is 1. The van der Waals surface area contributed by atoms with Crippen LogP contribution in [0.15, 0.2) is 6.33 Å². The Hall–Kier alpha value is -2.94. The standard InChI is InChI=1S/C18H22N6O5/c19-15-13-16(24(9-20-13)17-14(26)11(25)8-29-17)22-12(21-15)3-1-2-10-4-6-23(7-5-10)18(27)28/h9-11,14,17,25-26H,2,4-8H2,(H,27,28)(H2,19,21,22). The Bertz CT molecular complexity index is 974. The van der Waals surface area contributed by atoms with E-state index in [0.717, 1.165) is 12.8 Å². The van der Waals surface area contributed by atoms with Gasteiger partial charge in [-0.3, -0.25) is 4.57 Å². The molecule has 2 aliphatic rings. The number of piperidine rings is 1. The first-order valence-electron chi connectivity index (χ1n) is 9.38. The topological polar surface area (TPSA) is 160 Å². The number of hydrogen-bond donors (Lipinski definition) is 4. The Morgan fingerprint density at radius 2 is 2.07 bits per heavy atom. The summed E-state index contributed by atoms with van der Waals surface area (Å²) in [6.07, 6.45) is -0.181. The maximum atomic E-state index is 11.0. The van der Waals surface area contributed by atoms with Crippen LogP contribution in [0.5, 0.6) is 0 Å². The van der Waals surface area contributed by atoms with Gasteiger partial charge >= 0.3 is 6.09 Å². The number of carbonyl (C=O) groups is 1. The summed E-state index contributed by atoms with van der Waals surface area (Å²) in [6, 6.07) is 0. The van der Waals surface area contributed by atoms with Crippen molar-refractivity contribution in [3.63, 3.8) is 0 Å². The number of carboxylic acid groups (broad SMARTS) is 1. The maximum absolute atomic E-state index is 11.0. The summed E-state index contributed by atoms with van der Waals surface area (Å²) in [6.45, 7) is 1.05. The number of nitrogens with zero attached hydrogens (tertiary/aromatic N) is 5. The number of aromatic nitrogens is 4. The number of rotatable bonds is 2. The number of imidazole rings is 1. The SMILES string of the molecule is Nc1nc(C#CCC2CCN(C(=O)O)CC2)nc2c1ncn2C1OCC(O)C1O. The normalized spacial score (nSPS) is 25.2. The zero-order chi connectivity index (χ0) is 20.5. The molecule has 5 N–H and O–H groups in total. The van der Waals surface area contributed by atoms with Gasteiger partial charge in [0.05, 0.1) is 12.9 Å². The van der Waals surface area contributed by atoms with Crippen molar-refractivity contribution >= 4 is 23.1 Å². The molecule has 0 radical (unpaired) electrons. The van der Waals surface area contributed by atoms with Crippen molar-refractivity contribution in [3.8, 4) is 11.8 Å². The molecule has 2 saturated heterocycles. The molecule has 154 valence electrons.